The van der Waals surface area contributed by atoms with Crippen molar-refractivity contribution in [2.75, 3.05) is 10.4 Å². The van der Waals surface area contributed by atoms with Crippen LogP contribution in [0.4, 0.5) is 5.69 Å². The summed E-state index contributed by atoms with van der Waals surface area (Å²) in [5.41, 5.74) is 0.714. The molecule has 6 rings (SSSR count). The van der Waals surface area contributed by atoms with Crippen LogP contribution in [0, 0.1) is 17.8 Å². The van der Waals surface area contributed by atoms with Gasteiger partial charge in [0.05, 0.1) is 28.9 Å². The molecule has 0 unspecified atom stereocenters. The number of aliphatic hydroxyl groups is 1. The van der Waals surface area contributed by atoms with Crippen LogP contribution in [0.25, 0.3) is 0 Å². The number of aliphatic hydroxyl groups excluding tert-OH is 1. The van der Waals surface area contributed by atoms with Crippen molar-refractivity contribution in [3.63, 3.8) is 0 Å². The van der Waals surface area contributed by atoms with Crippen LogP contribution in [0.1, 0.15) is 30.3 Å². The molecule has 6 atom stereocenters. The van der Waals surface area contributed by atoms with E-state index >= 15 is 0 Å². The van der Waals surface area contributed by atoms with Crippen LogP contribution < -0.4 is 10.4 Å². The average molecular weight is 652 g/mol. The molecular weight excluding hydrogens is 630 g/mol. The predicted octanol–water partition coefficient (Wildman–Crippen LogP) is 1.37. The minimum atomic E-state index is -1.99. The number of carbonyl (C=O) groups is 4. The molecule has 3 N–H and O–H groups in total. The number of hydrogen-bond acceptors (Lipinski definition) is 8. The largest absolute Gasteiger partial charge is 0.488 e. The van der Waals surface area contributed by atoms with E-state index < -0.39 is 70.8 Å². The molecule has 2 aliphatic heterocycles. The highest BCUT2D eigenvalue weighted by atomic mass is 79.9. The summed E-state index contributed by atoms with van der Waals surface area (Å²) in [4.78, 5) is 52.9. The van der Waals surface area contributed by atoms with Crippen molar-refractivity contribution in [3.8, 4) is 0 Å². The summed E-state index contributed by atoms with van der Waals surface area (Å²) in [5.74, 6) is -5.49. The van der Waals surface area contributed by atoms with Crippen LogP contribution in [-0.2, 0) is 25.8 Å². The van der Waals surface area contributed by atoms with E-state index in [2.05, 4.69) is 15.9 Å². The number of alkyl halides is 3. The number of halogens is 3. The monoisotopic (exact) mass is 650 g/mol. The van der Waals surface area contributed by atoms with E-state index in [1.807, 2.05) is 0 Å². The second kappa shape index (κ2) is 9.54. The lowest BCUT2D eigenvalue weighted by molar-refractivity contribution is -0.138. The zero-order valence-electron chi connectivity index (χ0n) is 20.7. The Bertz CT molecular complexity index is 1500. The van der Waals surface area contributed by atoms with Crippen molar-refractivity contribution in [1.29, 1.82) is 0 Å². The molecule has 0 bridgehead atoms. The number of carbonyl (C=O) groups excluding carboxylic acids is 4. The summed E-state index contributed by atoms with van der Waals surface area (Å²) in [6.45, 7) is -0.412. The standard InChI is InChI=1S/C26H22BBrCl2N2O8/c28-11-31-23(36)25(29)9-17-15(20(26(25,30)24(31)37)18-7-4-14(10-33)40-18)5-6-16-19(17)22(35)32(21(16)34)13-3-1-2-12(8-13)27(38)39/h1-5,7-8,16-17,19-20,33,38-39H,6,9-11H2/t16-,17+,19-,20+,25+,26-/m0/s1. The zero-order valence-corrected chi connectivity index (χ0v) is 23.8. The number of likely N-dealkylation sites (tertiary alicyclic amines) is 1. The van der Waals surface area contributed by atoms with Crippen molar-refractivity contribution in [3.05, 3.63) is 59.6 Å². The Morgan fingerprint density at radius 3 is 2.45 bits per heavy atom. The van der Waals surface area contributed by atoms with Gasteiger partial charge in [-0.15, -0.1) is 23.2 Å². The van der Waals surface area contributed by atoms with Crippen LogP contribution in [0.2, 0.25) is 0 Å². The Balaban J connectivity index is 1.48. The fourth-order valence-electron chi connectivity index (χ4n) is 6.78. The maximum absolute atomic E-state index is 14.0. The van der Waals surface area contributed by atoms with Gasteiger partial charge in [-0.05, 0) is 48.5 Å². The maximum atomic E-state index is 14.0. The van der Waals surface area contributed by atoms with E-state index in [4.69, 9.17) is 27.6 Å². The third-order valence-electron chi connectivity index (χ3n) is 8.56. The van der Waals surface area contributed by atoms with Crippen LogP contribution in [-0.4, -0.2) is 66.0 Å². The van der Waals surface area contributed by atoms with E-state index in [9.17, 15) is 34.3 Å². The van der Waals surface area contributed by atoms with Gasteiger partial charge in [0, 0.05) is 0 Å². The minimum absolute atomic E-state index is 0.110. The second-order valence-corrected chi connectivity index (χ2v) is 12.2. The number of rotatable bonds is 5. The molecule has 3 fully saturated rings. The smallest absolute Gasteiger partial charge is 0.463 e. The van der Waals surface area contributed by atoms with E-state index in [0.717, 1.165) is 9.80 Å². The van der Waals surface area contributed by atoms with E-state index in [1.54, 1.807) is 12.1 Å². The molecule has 4 amide bonds. The minimum Gasteiger partial charge on any atom is -0.463 e. The molecule has 1 aromatic carbocycles. The summed E-state index contributed by atoms with van der Waals surface area (Å²) in [5, 5.41) is 28.8. The van der Waals surface area contributed by atoms with Gasteiger partial charge in [0.1, 0.15) is 18.1 Å². The highest BCUT2D eigenvalue weighted by Crippen LogP contribution is 2.65. The first-order chi connectivity index (χ1) is 19.0. The van der Waals surface area contributed by atoms with Crippen LogP contribution in [0.15, 0.2) is 52.5 Å². The van der Waals surface area contributed by atoms with Gasteiger partial charge in [-0.3, -0.25) is 29.0 Å². The summed E-state index contributed by atoms with van der Waals surface area (Å²) >= 11 is 17.4. The van der Waals surface area contributed by atoms with E-state index in [0.29, 0.717) is 5.57 Å². The summed E-state index contributed by atoms with van der Waals surface area (Å²) in [6.07, 6.45) is 1.76. The van der Waals surface area contributed by atoms with Crippen molar-refractivity contribution < 1.29 is 38.7 Å². The molecular formula is C26H22BBrCl2N2O8. The topological polar surface area (TPSA) is 149 Å². The molecule has 2 saturated heterocycles. The third-order valence-corrected chi connectivity index (χ3v) is 10.5. The molecule has 2 aromatic rings. The molecule has 1 aromatic heterocycles. The Morgan fingerprint density at radius 2 is 1.80 bits per heavy atom. The first-order valence-corrected chi connectivity index (χ1v) is 14.4. The number of furan rings is 1. The number of imide groups is 2. The summed E-state index contributed by atoms with van der Waals surface area (Å²) < 4.78 is 5.84. The number of amides is 4. The van der Waals surface area contributed by atoms with Gasteiger partial charge in [0.15, 0.2) is 9.75 Å². The lowest BCUT2D eigenvalue weighted by Gasteiger charge is -2.49. The molecule has 2 aliphatic carbocycles. The zero-order chi connectivity index (χ0) is 28.7. The van der Waals surface area contributed by atoms with Gasteiger partial charge in [-0.2, -0.15) is 0 Å². The van der Waals surface area contributed by atoms with E-state index in [-0.39, 0.29) is 41.0 Å². The first-order valence-electron chi connectivity index (χ1n) is 12.5. The Morgan fingerprint density at radius 1 is 1.05 bits per heavy atom. The van der Waals surface area contributed by atoms with Crippen molar-refractivity contribution in [1.82, 2.24) is 4.90 Å². The third kappa shape index (κ3) is 3.53. The van der Waals surface area contributed by atoms with Crippen molar-refractivity contribution >= 4 is 81.0 Å². The summed E-state index contributed by atoms with van der Waals surface area (Å²) in [6, 6.07) is 8.93. The molecule has 208 valence electrons. The lowest BCUT2D eigenvalue weighted by Crippen LogP contribution is -2.60. The molecule has 10 nitrogen and oxygen atoms in total. The molecule has 1 saturated carbocycles. The van der Waals surface area contributed by atoms with Crippen LogP contribution in [0.5, 0.6) is 0 Å². The van der Waals surface area contributed by atoms with Gasteiger partial charge < -0.3 is 19.6 Å². The van der Waals surface area contributed by atoms with Gasteiger partial charge in [0.2, 0.25) is 11.8 Å². The van der Waals surface area contributed by atoms with Gasteiger partial charge in [-0.1, -0.05) is 39.7 Å². The number of anilines is 1. The molecule has 14 heteroatoms. The fraction of sp³-hybridized carbons (Fsp3) is 0.385. The average Bonchev–Trinajstić information content (AvgIpc) is 3.55. The molecule has 0 spiro atoms. The number of fused-ring (bicyclic) bond motifs is 4. The van der Waals surface area contributed by atoms with Crippen LogP contribution >= 0.6 is 39.1 Å². The normalized spacial score (nSPS) is 33.2. The van der Waals surface area contributed by atoms with Crippen molar-refractivity contribution in [2.24, 2.45) is 17.8 Å². The number of allylic oxidation sites excluding steroid dienone is 2. The molecule has 0 radical (unpaired) electrons. The van der Waals surface area contributed by atoms with Crippen LogP contribution in [0.3, 0.4) is 0 Å². The fourth-order valence-corrected chi connectivity index (χ4v) is 8.19. The first kappa shape index (κ1) is 27.7. The van der Waals surface area contributed by atoms with Gasteiger partial charge in [0.25, 0.3) is 11.8 Å². The number of benzene rings is 1. The number of nitrogens with zero attached hydrogens (tertiary/aromatic N) is 2. The Hall–Kier alpha value is -2.48. The number of hydrogen-bond donors (Lipinski definition) is 3. The maximum Gasteiger partial charge on any atom is 0.488 e. The Kier molecular flexibility index (Phi) is 6.60. The van der Waals surface area contributed by atoms with Gasteiger partial charge >= 0.3 is 7.12 Å². The van der Waals surface area contributed by atoms with Crippen molar-refractivity contribution in [2.45, 2.75) is 35.1 Å². The summed E-state index contributed by atoms with van der Waals surface area (Å²) in [7, 11) is -1.80. The molecule has 4 aliphatic rings. The molecule has 3 heterocycles. The molecule has 40 heavy (non-hydrogen) atoms. The van der Waals surface area contributed by atoms with E-state index in [1.165, 1.54) is 30.3 Å². The highest BCUT2D eigenvalue weighted by molar-refractivity contribution is 9.09. The van der Waals surface area contributed by atoms with Gasteiger partial charge in [-0.25, -0.2) is 0 Å². The lowest BCUT2D eigenvalue weighted by atomic mass is 9.57. The second-order valence-electron chi connectivity index (χ2n) is 10.4. The highest BCUT2D eigenvalue weighted by Gasteiger charge is 2.76. The Labute approximate surface area is 246 Å². The quantitative estimate of drug-likeness (QED) is 0.144. The SMILES string of the molecule is O=C1[C@H]2[C@H](CC=C3[C@H]2C[C@@]2(Cl)C(=O)N(CBr)C(=O)[C@@]2(Cl)[C@H]3c2ccc(CO)o2)C(=O)N1c1cccc(B(O)O)c1. The predicted molar refractivity (Wildman–Crippen MR) is 147 cm³/mol.